The van der Waals surface area contributed by atoms with Crippen molar-refractivity contribution in [2.75, 3.05) is 0 Å². The van der Waals surface area contributed by atoms with Gasteiger partial charge in [-0.15, -0.1) is 0 Å². The van der Waals surface area contributed by atoms with Crippen LogP contribution < -0.4 is 5.32 Å². The number of carbonyl (C=O) groups excluding carboxylic acids is 1. The second kappa shape index (κ2) is 6.92. The summed E-state index contributed by atoms with van der Waals surface area (Å²) in [7, 11) is 0. The molecule has 0 spiro atoms. The number of nitrogens with one attached hydrogen (secondary N) is 1. The van der Waals surface area contributed by atoms with Gasteiger partial charge < -0.3 is 15.5 Å². The average molecular weight is 319 g/mol. The lowest BCUT2D eigenvalue weighted by Gasteiger charge is -2.12. The molecule has 22 heavy (non-hydrogen) atoms. The van der Waals surface area contributed by atoms with E-state index in [0.717, 1.165) is 24.3 Å². The Morgan fingerprint density at radius 1 is 1.09 bits per heavy atom. The molecule has 1 aromatic rings. The lowest BCUT2D eigenvalue weighted by Crippen LogP contribution is -2.42. The van der Waals surface area contributed by atoms with Gasteiger partial charge in [-0.25, -0.2) is 4.79 Å². The standard InChI is InChI=1S/C13H12F3NO5/c14-13(15,16)8-3-1-7(2-4-8)5-10(18)17-9(12(21)22)6-11(19)20/h1-4,9H,5-6H2,(H,17,18)(H,19,20)(H,21,22)/t9-/m0/s1. The Kier molecular flexibility index (Phi) is 5.50. The molecule has 0 aliphatic carbocycles. The summed E-state index contributed by atoms with van der Waals surface area (Å²) in [4.78, 5) is 32.8. The molecule has 9 heteroatoms. The number of carboxylic acid groups (broad SMARTS) is 2. The smallest absolute Gasteiger partial charge is 0.416 e. The average Bonchev–Trinajstić information content (AvgIpc) is 2.36. The van der Waals surface area contributed by atoms with E-state index in [1.807, 2.05) is 5.32 Å². The Morgan fingerprint density at radius 2 is 1.64 bits per heavy atom. The fourth-order valence-electron chi connectivity index (χ4n) is 1.62. The summed E-state index contributed by atoms with van der Waals surface area (Å²) in [6.07, 6.45) is -5.65. The molecule has 1 amide bonds. The van der Waals surface area contributed by atoms with Crippen LogP contribution in [0.1, 0.15) is 17.5 Å². The van der Waals surface area contributed by atoms with Crippen LogP contribution in [0.15, 0.2) is 24.3 Å². The SMILES string of the molecule is O=C(O)C[C@H](NC(=O)Cc1ccc(C(F)(F)F)cc1)C(=O)O. The highest BCUT2D eigenvalue weighted by Crippen LogP contribution is 2.29. The summed E-state index contributed by atoms with van der Waals surface area (Å²) in [6.45, 7) is 0. The Hall–Kier alpha value is -2.58. The first kappa shape index (κ1) is 17.5. The van der Waals surface area contributed by atoms with Gasteiger partial charge in [0.2, 0.25) is 5.91 Å². The van der Waals surface area contributed by atoms with Gasteiger partial charge in [0.05, 0.1) is 18.4 Å². The summed E-state index contributed by atoms with van der Waals surface area (Å²) in [5, 5.41) is 19.3. The van der Waals surface area contributed by atoms with Crippen molar-refractivity contribution in [2.45, 2.75) is 25.1 Å². The Labute approximate surface area is 122 Å². The number of carboxylic acids is 2. The molecule has 0 heterocycles. The normalized spacial score (nSPS) is 12.5. The highest BCUT2D eigenvalue weighted by Gasteiger charge is 2.30. The van der Waals surface area contributed by atoms with Crippen molar-refractivity contribution in [3.8, 4) is 0 Å². The zero-order chi connectivity index (χ0) is 16.9. The van der Waals surface area contributed by atoms with E-state index >= 15 is 0 Å². The van der Waals surface area contributed by atoms with Crippen LogP contribution in [-0.2, 0) is 27.0 Å². The van der Waals surface area contributed by atoms with Crippen molar-refractivity contribution >= 4 is 17.8 Å². The maximum atomic E-state index is 12.4. The maximum absolute atomic E-state index is 12.4. The minimum absolute atomic E-state index is 0.241. The fraction of sp³-hybridized carbons (Fsp3) is 0.308. The first-order chi connectivity index (χ1) is 10.1. The van der Waals surface area contributed by atoms with Crippen LogP contribution in [-0.4, -0.2) is 34.1 Å². The van der Waals surface area contributed by atoms with Gasteiger partial charge in [0, 0.05) is 0 Å². The van der Waals surface area contributed by atoms with Crippen LogP contribution in [0.4, 0.5) is 13.2 Å². The number of benzene rings is 1. The Morgan fingerprint density at radius 3 is 2.05 bits per heavy atom. The molecule has 0 saturated carbocycles. The maximum Gasteiger partial charge on any atom is 0.416 e. The summed E-state index contributed by atoms with van der Waals surface area (Å²) < 4.78 is 37.1. The van der Waals surface area contributed by atoms with Crippen molar-refractivity contribution in [1.82, 2.24) is 5.32 Å². The predicted molar refractivity (Wildman–Crippen MR) is 67.0 cm³/mol. The van der Waals surface area contributed by atoms with Crippen LogP contribution in [0.5, 0.6) is 0 Å². The van der Waals surface area contributed by atoms with E-state index in [1.54, 1.807) is 0 Å². The summed E-state index contributed by atoms with van der Waals surface area (Å²) in [6, 6.07) is 2.19. The largest absolute Gasteiger partial charge is 0.481 e. The molecule has 0 radical (unpaired) electrons. The van der Waals surface area contributed by atoms with E-state index in [-0.39, 0.29) is 12.0 Å². The van der Waals surface area contributed by atoms with E-state index in [0.29, 0.717) is 0 Å². The van der Waals surface area contributed by atoms with E-state index in [2.05, 4.69) is 0 Å². The third-order valence-corrected chi connectivity index (χ3v) is 2.66. The molecule has 0 aromatic heterocycles. The third-order valence-electron chi connectivity index (χ3n) is 2.66. The second-order valence-corrected chi connectivity index (χ2v) is 4.43. The lowest BCUT2D eigenvalue weighted by atomic mass is 10.1. The number of halogens is 3. The van der Waals surface area contributed by atoms with Gasteiger partial charge in [-0.3, -0.25) is 9.59 Å². The molecule has 6 nitrogen and oxygen atoms in total. The molecule has 3 N–H and O–H groups in total. The fourth-order valence-corrected chi connectivity index (χ4v) is 1.62. The number of alkyl halides is 3. The van der Waals surface area contributed by atoms with Crippen LogP contribution in [0.2, 0.25) is 0 Å². The molecule has 0 fully saturated rings. The van der Waals surface area contributed by atoms with Gasteiger partial charge in [0.25, 0.3) is 0 Å². The molecule has 1 aromatic carbocycles. The van der Waals surface area contributed by atoms with Crippen molar-refractivity contribution in [3.05, 3.63) is 35.4 Å². The molecule has 1 atom stereocenters. The molecular formula is C13H12F3NO5. The minimum atomic E-state index is -4.49. The number of hydrogen-bond donors (Lipinski definition) is 3. The zero-order valence-corrected chi connectivity index (χ0v) is 11.1. The van der Waals surface area contributed by atoms with Gasteiger partial charge in [0.15, 0.2) is 0 Å². The highest BCUT2D eigenvalue weighted by molar-refractivity contribution is 5.87. The molecule has 0 bridgehead atoms. The van der Waals surface area contributed by atoms with Crippen LogP contribution in [0.25, 0.3) is 0 Å². The van der Waals surface area contributed by atoms with E-state index < -0.39 is 42.0 Å². The summed E-state index contributed by atoms with van der Waals surface area (Å²) >= 11 is 0. The molecule has 0 unspecified atom stereocenters. The van der Waals surface area contributed by atoms with Crippen molar-refractivity contribution in [1.29, 1.82) is 0 Å². The summed E-state index contributed by atoms with van der Waals surface area (Å²) in [5.74, 6) is -3.71. The molecule has 120 valence electrons. The molecule has 0 saturated heterocycles. The molecule has 1 rings (SSSR count). The number of hydrogen-bond acceptors (Lipinski definition) is 3. The first-order valence-electron chi connectivity index (χ1n) is 5.99. The van der Waals surface area contributed by atoms with Crippen molar-refractivity contribution in [2.24, 2.45) is 0 Å². The number of rotatable bonds is 6. The Balaban J connectivity index is 2.68. The van der Waals surface area contributed by atoms with E-state index in [4.69, 9.17) is 10.2 Å². The summed E-state index contributed by atoms with van der Waals surface area (Å²) in [5.41, 5.74) is -0.629. The molecule has 0 aliphatic heterocycles. The Bertz CT molecular complexity index is 568. The molecular weight excluding hydrogens is 307 g/mol. The zero-order valence-electron chi connectivity index (χ0n) is 11.1. The van der Waals surface area contributed by atoms with Crippen LogP contribution in [0, 0.1) is 0 Å². The monoisotopic (exact) mass is 319 g/mol. The van der Waals surface area contributed by atoms with Crippen LogP contribution in [0.3, 0.4) is 0 Å². The lowest BCUT2D eigenvalue weighted by molar-refractivity contribution is -0.147. The first-order valence-corrected chi connectivity index (χ1v) is 5.99. The second-order valence-electron chi connectivity index (χ2n) is 4.43. The van der Waals surface area contributed by atoms with E-state index in [9.17, 15) is 27.6 Å². The van der Waals surface area contributed by atoms with E-state index in [1.165, 1.54) is 0 Å². The third kappa shape index (κ3) is 5.43. The van der Waals surface area contributed by atoms with Gasteiger partial charge in [-0.2, -0.15) is 13.2 Å². The van der Waals surface area contributed by atoms with Gasteiger partial charge >= 0.3 is 18.1 Å². The quantitative estimate of drug-likeness (QED) is 0.733. The minimum Gasteiger partial charge on any atom is -0.481 e. The van der Waals surface area contributed by atoms with Crippen molar-refractivity contribution < 1.29 is 37.8 Å². The topological polar surface area (TPSA) is 104 Å². The number of aliphatic carboxylic acids is 2. The van der Waals surface area contributed by atoms with Gasteiger partial charge in [0.1, 0.15) is 6.04 Å². The molecule has 0 aliphatic rings. The number of carbonyl (C=O) groups is 3. The van der Waals surface area contributed by atoms with Gasteiger partial charge in [-0.05, 0) is 17.7 Å². The number of amides is 1. The predicted octanol–water partition coefficient (Wildman–Crippen LogP) is 1.29. The van der Waals surface area contributed by atoms with Crippen LogP contribution >= 0.6 is 0 Å². The van der Waals surface area contributed by atoms with Gasteiger partial charge in [-0.1, -0.05) is 12.1 Å². The highest BCUT2D eigenvalue weighted by atomic mass is 19.4. The van der Waals surface area contributed by atoms with Crippen molar-refractivity contribution in [3.63, 3.8) is 0 Å².